The van der Waals surface area contributed by atoms with E-state index in [0.29, 0.717) is 6.42 Å². The summed E-state index contributed by atoms with van der Waals surface area (Å²) in [5.41, 5.74) is 0. The molecule has 0 aromatic rings. The van der Waals surface area contributed by atoms with E-state index in [1.54, 1.807) is 13.0 Å². The first-order chi connectivity index (χ1) is 22.3. The zero-order valence-electron chi connectivity index (χ0n) is 29.0. The van der Waals surface area contributed by atoms with Gasteiger partial charge in [-0.15, -0.1) is 0 Å². The molecule has 0 saturated heterocycles. The molecule has 0 rings (SSSR count). The third-order valence-corrected chi connectivity index (χ3v) is 7.93. The second-order valence-corrected chi connectivity index (χ2v) is 12.6. The largest absolute Gasteiger partial charge is 0.472 e. The molecule has 0 bridgehead atoms. The summed E-state index contributed by atoms with van der Waals surface area (Å²) in [7, 11) is -4.30. The van der Waals surface area contributed by atoms with Gasteiger partial charge in [0.15, 0.2) is 6.10 Å². The maximum atomic E-state index is 12.4. The molecule has 0 saturated carbocycles. The molecule has 0 aliphatic rings. The predicted molar refractivity (Wildman–Crippen MR) is 188 cm³/mol. The third-order valence-electron chi connectivity index (χ3n) is 6.87. The minimum atomic E-state index is -4.30. The summed E-state index contributed by atoms with van der Waals surface area (Å²) in [6, 6.07) is 0. The molecule has 0 aliphatic heterocycles. The number of allylic oxidation sites excluding steroid dienone is 9. The van der Waals surface area contributed by atoms with Gasteiger partial charge in [0.1, 0.15) is 6.61 Å². The summed E-state index contributed by atoms with van der Waals surface area (Å²) < 4.78 is 32.3. The summed E-state index contributed by atoms with van der Waals surface area (Å²) in [5.74, 6) is -0.951. The summed E-state index contributed by atoms with van der Waals surface area (Å²) in [6.07, 6.45) is 37.3. The van der Waals surface area contributed by atoms with E-state index >= 15 is 0 Å². The first-order valence-corrected chi connectivity index (χ1v) is 19.1. The van der Waals surface area contributed by atoms with Crippen molar-refractivity contribution >= 4 is 19.8 Å². The lowest BCUT2D eigenvalue weighted by Gasteiger charge is -2.19. The van der Waals surface area contributed by atoms with Gasteiger partial charge in [0.2, 0.25) is 0 Å². The first kappa shape index (κ1) is 43.8. The van der Waals surface area contributed by atoms with Crippen molar-refractivity contribution in [2.24, 2.45) is 0 Å². The van der Waals surface area contributed by atoms with Gasteiger partial charge in [-0.05, 0) is 45.4 Å². The molecule has 0 amide bonds. The van der Waals surface area contributed by atoms with Crippen LogP contribution in [0, 0.1) is 0 Å². The van der Waals surface area contributed by atoms with Gasteiger partial charge in [0, 0.05) is 6.42 Å². The van der Waals surface area contributed by atoms with Crippen LogP contribution in [-0.2, 0) is 32.7 Å². The fraction of sp³-hybridized carbons (Fsp3) is 0.676. The van der Waals surface area contributed by atoms with Gasteiger partial charge >= 0.3 is 19.8 Å². The van der Waals surface area contributed by atoms with Crippen LogP contribution in [0.4, 0.5) is 0 Å². The Morgan fingerprint density at radius 2 is 1.09 bits per heavy atom. The average Bonchev–Trinajstić information content (AvgIpc) is 3.03. The van der Waals surface area contributed by atoms with Crippen LogP contribution in [0.15, 0.2) is 60.8 Å². The number of hydrogen-bond donors (Lipinski definition) is 1. The van der Waals surface area contributed by atoms with E-state index in [9.17, 15) is 19.0 Å². The molecule has 0 spiro atoms. The topological polar surface area (TPSA) is 108 Å². The van der Waals surface area contributed by atoms with E-state index in [1.807, 2.05) is 12.2 Å². The monoisotopic (exact) mass is 666 g/mol. The molecule has 264 valence electrons. The van der Waals surface area contributed by atoms with E-state index < -0.39 is 32.5 Å². The van der Waals surface area contributed by atoms with E-state index in [1.165, 1.54) is 51.4 Å². The standard InChI is InChI=1S/C37H63O8P/c1-4-7-9-11-13-15-17-18-19-20-22-24-26-28-30-32-37(39)45-35(34-44-46(40,41)43-6-3)33-42-36(38)31-29-27-25-23-21-16-14-12-10-8-5-2/h7,9,13,15,18-19,22,24,28,30,35H,4-6,8,10-12,14,16-17,20-21,23,25-27,29,31-34H2,1-3H3,(H,40,41)/b9-7-,15-13-,19-18-,24-22-,30-28-. The highest BCUT2D eigenvalue weighted by molar-refractivity contribution is 7.47. The van der Waals surface area contributed by atoms with Crippen LogP contribution in [0.1, 0.15) is 136 Å². The molecule has 0 aliphatic carbocycles. The van der Waals surface area contributed by atoms with Crippen molar-refractivity contribution in [1.29, 1.82) is 0 Å². The number of phosphoric ester groups is 1. The fourth-order valence-corrected chi connectivity index (χ4v) is 5.11. The molecule has 0 aromatic heterocycles. The number of ether oxygens (including phenoxy) is 2. The number of esters is 2. The normalized spacial score (nSPS) is 14.3. The van der Waals surface area contributed by atoms with Crippen molar-refractivity contribution in [1.82, 2.24) is 0 Å². The Bertz CT molecular complexity index is 938. The molecule has 46 heavy (non-hydrogen) atoms. The Balaban J connectivity index is 4.37. The summed E-state index contributed by atoms with van der Waals surface area (Å²) in [6.45, 7) is 5.20. The van der Waals surface area contributed by atoms with Crippen molar-refractivity contribution in [3.8, 4) is 0 Å². The second kappa shape index (κ2) is 32.7. The lowest BCUT2D eigenvalue weighted by atomic mass is 10.1. The molecule has 0 aromatic carbocycles. The van der Waals surface area contributed by atoms with Crippen LogP contribution >= 0.6 is 7.82 Å². The maximum absolute atomic E-state index is 12.4. The summed E-state index contributed by atoms with van der Waals surface area (Å²) in [4.78, 5) is 34.4. The van der Waals surface area contributed by atoms with Gasteiger partial charge in [0.25, 0.3) is 0 Å². The highest BCUT2D eigenvalue weighted by Crippen LogP contribution is 2.43. The third kappa shape index (κ3) is 31.7. The molecular formula is C37H63O8P. The molecule has 8 nitrogen and oxygen atoms in total. The van der Waals surface area contributed by atoms with Crippen molar-refractivity contribution in [2.45, 2.75) is 142 Å². The maximum Gasteiger partial charge on any atom is 0.472 e. The summed E-state index contributed by atoms with van der Waals surface area (Å²) >= 11 is 0. The Morgan fingerprint density at radius 3 is 1.59 bits per heavy atom. The molecule has 1 N–H and O–H groups in total. The van der Waals surface area contributed by atoms with E-state index in [0.717, 1.165) is 44.9 Å². The van der Waals surface area contributed by atoms with Crippen LogP contribution in [0.3, 0.4) is 0 Å². The summed E-state index contributed by atoms with van der Waals surface area (Å²) in [5, 5.41) is 0. The number of hydrogen-bond acceptors (Lipinski definition) is 7. The van der Waals surface area contributed by atoms with Crippen LogP contribution in [0.5, 0.6) is 0 Å². The van der Waals surface area contributed by atoms with E-state index in [-0.39, 0.29) is 26.1 Å². The van der Waals surface area contributed by atoms with Crippen LogP contribution in [0.25, 0.3) is 0 Å². The van der Waals surface area contributed by atoms with Gasteiger partial charge < -0.3 is 14.4 Å². The number of unbranched alkanes of at least 4 members (excludes halogenated alkanes) is 10. The van der Waals surface area contributed by atoms with Gasteiger partial charge in [-0.1, -0.05) is 139 Å². The molecule has 2 atom stereocenters. The smallest absolute Gasteiger partial charge is 0.462 e. The quantitative estimate of drug-likeness (QED) is 0.0337. The highest BCUT2D eigenvalue weighted by atomic mass is 31.2. The van der Waals surface area contributed by atoms with Gasteiger partial charge in [-0.25, -0.2) is 4.57 Å². The molecule has 0 fully saturated rings. The van der Waals surface area contributed by atoms with Crippen molar-refractivity contribution in [3.05, 3.63) is 60.8 Å². The Kier molecular flexibility index (Phi) is 31.1. The molecular weight excluding hydrogens is 603 g/mol. The molecule has 9 heteroatoms. The Labute approximate surface area is 280 Å². The molecule has 0 radical (unpaired) electrons. The average molecular weight is 667 g/mol. The van der Waals surface area contributed by atoms with Gasteiger partial charge in [-0.3, -0.25) is 18.6 Å². The van der Waals surface area contributed by atoms with Crippen molar-refractivity contribution in [2.75, 3.05) is 19.8 Å². The van der Waals surface area contributed by atoms with Crippen LogP contribution in [0.2, 0.25) is 0 Å². The minimum Gasteiger partial charge on any atom is -0.462 e. The lowest BCUT2D eigenvalue weighted by Crippen LogP contribution is -2.29. The predicted octanol–water partition coefficient (Wildman–Crippen LogP) is 10.4. The molecule has 0 heterocycles. The van der Waals surface area contributed by atoms with Crippen LogP contribution in [-0.4, -0.2) is 42.8 Å². The number of phosphoric acid groups is 1. The zero-order valence-corrected chi connectivity index (χ0v) is 29.8. The van der Waals surface area contributed by atoms with E-state index in [4.69, 9.17) is 18.5 Å². The zero-order chi connectivity index (χ0) is 34.0. The SMILES string of the molecule is CC/C=C\C/C=C\C/C=C\C/C=C\C/C=C\CC(=O)OC(COC(=O)CCCCCCCCCCCCC)COP(=O)(O)OCC. The minimum absolute atomic E-state index is 0.0129. The van der Waals surface area contributed by atoms with Crippen molar-refractivity contribution in [3.63, 3.8) is 0 Å². The number of rotatable bonds is 31. The number of carbonyl (C=O) groups excluding carboxylic acids is 2. The van der Waals surface area contributed by atoms with E-state index in [2.05, 4.69) is 56.4 Å². The lowest BCUT2D eigenvalue weighted by molar-refractivity contribution is -0.160. The van der Waals surface area contributed by atoms with Crippen molar-refractivity contribution < 1.29 is 37.6 Å². The highest BCUT2D eigenvalue weighted by Gasteiger charge is 2.25. The second-order valence-electron chi connectivity index (χ2n) is 11.2. The van der Waals surface area contributed by atoms with Gasteiger partial charge in [0.05, 0.1) is 19.6 Å². The Morgan fingerprint density at radius 1 is 0.609 bits per heavy atom. The number of carbonyl (C=O) groups is 2. The first-order valence-electron chi connectivity index (χ1n) is 17.6. The molecule has 2 unspecified atom stereocenters. The van der Waals surface area contributed by atoms with Gasteiger partial charge in [-0.2, -0.15) is 0 Å². The Hall–Kier alpha value is -2.25. The fourth-order valence-electron chi connectivity index (χ4n) is 4.35. The van der Waals surface area contributed by atoms with Crippen LogP contribution < -0.4 is 0 Å².